The maximum atomic E-state index is 12.5. The molecule has 0 unspecified atom stereocenters. The zero-order valence-electron chi connectivity index (χ0n) is 11.6. The van der Waals surface area contributed by atoms with E-state index in [0.717, 1.165) is 0 Å². The van der Waals surface area contributed by atoms with Crippen LogP contribution < -0.4 is 10.6 Å². The number of amides is 2. The Morgan fingerprint density at radius 1 is 1.48 bits per heavy atom. The van der Waals surface area contributed by atoms with Gasteiger partial charge in [0.2, 0.25) is 5.91 Å². The third kappa shape index (κ3) is 3.28. The second-order valence-corrected chi connectivity index (χ2v) is 4.67. The molecule has 0 atom stereocenters. The predicted molar refractivity (Wildman–Crippen MR) is 76.2 cm³/mol. The van der Waals surface area contributed by atoms with E-state index in [2.05, 4.69) is 10.6 Å². The fourth-order valence-electron chi connectivity index (χ4n) is 2.17. The second kappa shape index (κ2) is 6.21. The lowest BCUT2D eigenvalue weighted by Gasteiger charge is -2.19. The van der Waals surface area contributed by atoms with Crippen molar-refractivity contribution in [2.75, 3.05) is 32.0 Å². The molecule has 2 N–H and O–H groups in total. The van der Waals surface area contributed by atoms with E-state index < -0.39 is 10.8 Å². The van der Waals surface area contributed by atoms with Crippen LogP contribution in [0.5, 0.6) is 0 Å². The fourth-order valence-corrected chi connectivity index (χ4v) is 2.17. The molecule has 1 heterocycles. The SMILES string of the molecule is CNc1ccc([N+](=O)[O-])c(C(=O)N2CCCNC(=O)C2)c1. The molecule has 1 aromatic rings. The molecule has 1 aromatic carbocycles. The van der Waals surface area contributed by atoms with Gasteiger partial charge in [-0.3, -0.25) is 19.7 Å². The Morgan fingerprint density at radius 2 is 2.24 bits per heavy atom. The summed E-state index contributed by atoms with van der Waals surface area (Å²) in [7, 11) is 1.66. The van der Waals surface area contributed by atoms with Crippen molar-refractivity contribution >= 4 is 23.2 Å². The van der Waals surface area contributed by atoms with E-state index in [9.17, 15) is 19.7 Å². The first kappa shape index (κ1) is 14.8. The molecule has 2 amide bonds. The lowest BCUT2D eigenvalue weighted by molar-refractivity contribution is -0.385. The monoisotopic (exact) mass is 292 g/mol. The number of rotatable bonds is 3. The molecule has 21 heavy (non-hydrogen) atoms. The highest BCUT2D eigenvalue weighted by Crippen LogP contribution is 2.24. The summed E-state index contributed by atoms with van der Waals surface area (Å²) in [4.78, 5) is 35.8. The van der Waals surface area contributed by atoms with Gasteiger partial charge in [0.15, 0.2) is 0 Å². The summed E-state index contributed by atoms with van der Waals surface area (Å²) >= 11 is 0. The van der Waals surface area contributed by atoms with Crippen LogP contribution in [0.15, 0.2) is 18.2 Å². The Labute approximate surface area is 121 Å². The Hall–Kier alpha value is -2.64. The van der Waals surface area contributed by atoms with E-state index in [0.29, 0.717) is 25.2 Å². The van der Waals surface area contributed by atoms with Crippen molar-refractivity contribution in [1.82, 2.24) is 10.2 Å². The Balaban J connectivity index is 2.36. The minimum absolute atomic E-state index is 0.0125. The molecule has 1 fully saturated rings. The molecular formula is C13H16N4O4. The van der Waals surface area contributed by atoms with E-state index in [-0.39, 0.29) is 23.7 Å². The molecule has 0 saturated carbocycles. The van der Waals surface area contributed by atoms with Gasteiger partial charge in [0.05, 0.1) is 11.5 Å². The number of nitro groups is 1. The van der Waals surface area contributed by atoms with Gasteiger partial charge in [-0.25, -0.2) is 0 Å². The predicted octanol–water partition coefficient (Wildman–Crippen LogP) is 0.599. The molecule has 2 rings (SSSR count). The number of hydrogen-bond donors (Lipinski definition) is 2. The van der Waals surface area contributed by atoms with Gasteiger partial charge >= 0.3 is 0 Å². The highest BCUT2D eigenvalue weighted by Gasteiger charge is 2.27. The van der Waals surface area contributed by atoms with Gasteiger partial charge in [-0.05, 0) is 18.6 Å². The lowest BCUT2D eigenvalue weighted by atomic mass is 10.1. The average Bonchev–Trinajstić information content (AvgIpc) is 2.70. The molecule has 0 bridgehead atoms. The van der Waals surface area contributed by atoms with Crippen molar-refractivity contribution in [1.29, 1.82) is 0 Å². The van der Waals surface area contributed by atoms with Gasteiger partial charge in [-0.15, -0.1) is 0 Å². The molecule has 1 saturated heterocycles. The van der Waals surface area contributed by atoms with Crippen LogP contribution in [0.4, 0.5) is 11.4 Å². The largest absolute Gasteiger partial charge is 0.388 e. The van der Waals surface area contributed by atoms with E-state index >= 15 is 0 Å². The number of hydrogen-bond acceptors (Lipinski definition) is 5. The van der Waals surface area contributed by atoms with Gasteiger partial charge in [0.1, 0.15) is 5.56 Å². The van der Waals surface area contributed by atoms with Crippen molar-refractivity contribution in [3.8, 4) is 0 Å². The molecule has 8 heteroatoms. The van der Waals surface area contributed by atoms with E-state index in [1.54, 1.807) is 7.05 Å². The molecule has 8 nitrogen and oxygen atoms in total. The quantitative estimate of drug-likeness (QED) is 0.627. The van der Waals surface area contributed by atoms with Crippen LogP contribution in [0.3, 0.4) is 0 Å². The molecule has 0 spiro atoms. The first-order valence-corrected chi connectivity index (χ1v) is 6.55. The van der Waals surface area contributed by atoms with Gasteiger partial charge in [0.25, 0.3) is 11.6 Å². The number of carbonyl (C=O) groups excluding carboxylic acids is 2. The number of benzene rings is 1. The zero-order chi connectivity index (χ0) is 15.4. The molecular weight excluding hydrogens is 276 g/mol. The summed E-state index contributed by atoms with van der Waals surface area (Å²) in [5.74, 6) is -0.760. The highest BCUT2D eigenvalue weighted by atomic mass is 16.6. The number of nitro benzene ring substituents is 1. The normalized spacial score (nSPS) is 15.1. The minimum atomic E-state index is -0.593. The summed E-state index contributed by atoms with van der Waals surface area (Å²) in [5, 5.41) is 16.6. The third-order valence-electron chi connectivity index (χ3n) is 3.26. The summed E-state index contributed by atoms with van der Waals surface area (Å²) in [6, 6.07) is 4.25. The van der Waals surface area contributed by atoms with Gasteiger partial charge < -0.3 is 15.5 Å². The van der Waals surface area contributed by atoms with Gasteiger partial charge in [-0.1, -0.05) is 0 Å². The lowest BCUT2D eigenvalue weighted by Crippen LogP contribution is -2.37. The summed E-state index contributed by atoms with van der Waals surface area (Å²) in [6.45, 7) is 0.805. The van der Waals surface area contributed by atoms with E-state index in [1.807, 2.05) is 0 Å². The van der Waals surface area contributed by atoms with Gasteiger partial charge in [0, 0.05) is 31.9 Å². The topological polar surface area (TPSA) is 105 Å². The van der Waals surface area contributed by atoms with Crippen molar-refractivity contribution < 1.29 is 14.5 Å². The zero-order valence-corrected chi connectivity index (χ0v) is 11.6. The first-order valence-electron chi connectivity index (χ1n) is 6.55. The van der Waals surface area contributed by atoms with E-state index in [1.165, 1.54) is 23.1 Å². The van der Waals surface area contributed by atoms with Crippen molar-refractivity contribution in [3.63, 3.8) is 0 Å². The Bertz CT molecular complexity index is 588. The number of anilines is 1. The van der Waals surface area contributed by atoms with Crippen LogP contribution in [0, 0.1) is 10.1 Å². The maximum absolute atomic E-state index is 12.5. The van der Waals surface area contributed by atoms with Crippen LogP contribution >= 0.6 is 0 Å². The number of nitrogens with one attached hydrogen (secondary N) is 2. The molecule has 1 aliphatic rings. The molecule has 0 radical (unpaired) electrons. The van der Waals surface area contributed by atoms with Crippen LogP contribution in [-0.2, 0) is 4.79 Å². The molecule has 1 aliphatic heterocycles. The van der Waals surface area contributed by atoms with Crippen LogP contribution in [0.2, 0.25) is 0 Å². The summed E-state index contributed by atoms with van der Waals surface area (Å²) in [5.41, 5.74) is 0.327. The highest BCUT2D eigenvalue weighted by molar-refractivity contribution is 6.00. The van der Waals surface area contributed by atoms with E-state index in [4.69, 9.17) is 0 Å². The fraction of sp³-hybridized carbons (Fsp3) is 0.385. The Morgan fingerprint density at radius 3 is 2.90 bits per heavy atom. The molecule has 112 valence electrons. The first-order chi connectivity index (χ1) is 10.0. The third-order valence-corrected chi connectivity index (χ3v) is 3.26. The minimum Gasteiger partial charge on any atom is -0.388 e. The second-order valence-electron chi connectivity index (χ2n) is 4.67. The molecule has 0 aromatic heterocycles. The standard InChI is InChI=1S/C13H16N4O4/c1-14-9-3-4-11(17(20)21)10(7-9)13(19)16-6-2-5-15-12(18)8-16/h3-4,7,14H,2,5-6,8H2,1H3,(H,15,18). The van der Waals surface area contributed by atoms with Crippen LogP contribution in [0.25, 0.3) is 0 Å². The summed E-state index contributed by atoms with van der Waals surface area (Å²) < 4.78 is 0. The smallest absolute Gasteiger partial charge is 0.282 e. The van der Waals surface area contributed by atoms with Gasteiger partial charge in [-0.2, -0.15) is 0 Å². The maximum Gasteiger partial charge on any atom is 0.282 e. The van der Waals surface area contributed by atoms with Crippen molar-refractivity contribution in [3.05, 3.63) is 33.9 Å². The average molecular weight is 292 g/mol. The Kier molecular flexibility index (Phi) is 4.36. The molecule has 0 aliphatic carbocycles. The van der Waals surface area contributed by atoms with Crippen LogP contribution in [-0.4, -0.2) is 48.3 Å². The number of carbonyl (C=O) groups is 2. The summed E-state index contributed by atoms with van der Waals surface area (Å²) in [6.07, 6.45) is 0.622. The van der Waals surface area contributed by atoms with Crippen LogP contribution in [0.1, 0.15) is 16.8 Å². The number of nitrogens with zero attached hydrogens (tertiary/aromatic N) is 2. The van der Waals surface area contributed by atoms with Crippen molar-refractivity contribution in [2.24, 2.45) is 0 Å². The van der Waals surface area contributed by atoms with Crippen molar-refractivity contribution in [2.45, 2.75) is 6.42 Å².